The third-order valence-electron chi connectivity index (χ3n) is 1.11. The van der Waals surface area contributed by atoms with Gasteiger partial charge in [0.05, 0.1) is 0 Å². The molecule has 0 aliphatic carbocycles. The molecule has 0 aliphatic rings. The van der Waals surface area contributed by atoms with Gasteiger partial charge in [-0.3, -0.25) is 0 Å². The van der Waals surface area contributed by atoms with Gasteiger partial charge in [0.1, 0.15) is 0 Å². The molecule has 0 N–H and O–H groups in total. The van der Waals surface area contributed by atoms with Gasteiger partial charge in [-0.25, -0.2) is 24.3 Å². The molecule has 14 heavy (non-hydrogen) atoms. The Morgan fingerprint density at radius 1 is 0.571 bits per heavy atom. The van der Waals surface area contributed by atoms with E-state index in [1.54, 1.807) is 0 Å². The zero-order valence-electron chi connectivity index (χ0n) is 7.56. The van der Waals surface area contributed by atoms with Crippen LogP contribution < -0.4 is 0 Å². The second-order valence-electron chi connectivity index (χ2n) is 1.92. The van der Waals surface area contributed by atoms with E-state index in [1.807, 2.05) is 60.7 Å². The quantitative estimate of drug-likeness (QED) is 0.393. The van der Waals surface area contributed by atoms with Gasteiger partial charge in [0, 0.05) is 33.0 Å². The predicted molar refractivity (Wildman–Crippen MR) is 54.0 cm³/mol. The van der Waals surface area contributed by atoms with E-state index in [2.05, 4.69) is 12.8 Å². The van der Waals surface area contributed by atoms with Gasteiger partial charge < -0.3 is 0 Å². The average Bonchev–Trinajstić information content (AvgIpc) is 2.87. The van der Waals surface area contributed by atoms with Crippen LogP contribution in [0, 0.1) is 12.8 Å². The van der Waals surface area contributed by atoms with Crippen LogP contribution in [0.15, 0.2) is 60.7 Å². The van der Waals surface area contributed by atoms with Crippen LogP contribution in [0.1, 0.15) is 0 Å². The molecule has 0 aromatic heterocycles. The van der Waals surface area contributed by atoms with Crippen molar-refractivity contribution < 1.29 is 33.0 Å². The summed E-state index contributed by atoms with van der Waals surface area (Å²) in [5, 5.41) is 0. The predicted octanol–water partition coefficient (Wildman–Crippen LogP) is 3.06. The van der Waals surface area contributed by atoms with E-state index < -0.39 is 0 Å². The van der Waals surface area contributed by atoms with Gasteiger partial charge >= 0.3 is 0 Å². The summed E-state index contributed by atoms with van der Waals surface area (Å²) in [5.41, 5.74) is 0. The van der Waals surface area contributed by atoms with Gasteiger partial charge in [0.25, 0.3) is 0 Å². The van der Waals surface area contributed by atoms with Crippen molar-refractivity contribution in [2.75, 3.05) is 0 Å². The van der Waals surface area contributed by atoms with Crippen molar-refractivity contribution in [1.29, 1.82) is 0 Å². The molecule has 0 amide bonds. The normalized spacial score (nSPS) is 5.86. The molecule has 0 unspecified atom stereocenters. The van der Waals surface area contributed by atoms with Gasteiger partial charge in [-0.1, -0.05) is 0 Å². The van der Waals surface area contributed by atoms with Crippen molar-refractivity contribution in [2.45, 2.75) is 0 Å². The Labute approximate surface area is 106 Å². The first kappa shape index (κ1) is 18.9. The van der Waals surface area contributed by atoms with Crippen LogP contribution in [0.4, 0.5) is 0 Å². The smallest absolute Gasteiger partial charge is 0 e. The summed E-state index contributed by atoms with van der Waals surface area (Å²) in [7, 11) is 0. The maximum Gasteiger partial charge on any atom is 0 e. The number of hydrogen-bond donors (Lipinski definition) is 0. The molecule has 2 heteroatoms. The molecule has 2 rings (SSSR count). The number of hydrogen-bond acceptors (Lipinski definition) is 0. The summed E-state index contributed by atoms with van der Waals surface area (Å²) in [6.07, 6.45) is 8.00. The van der Waals surface area contributed by atoms with Crippen LogP contribution in [-0.2, 0) is 33.0 Å². The molecule has 0 aliphatic heterocycles. The van der Waals surface area contributed by atoms with Crippen LogP contribution in [0.25, 0.3) is 0 Å². The fraction of sp³-hybridized carbons (Fsp3) is 0. The largest absolute Gasteiger partial charge is 0.214 e. The van der Waals surface area contributed by atoms with Crippen LogP contribution in [-0.4, -0.2) is 0 Å². The second-order valence-corrected chi connectivity index (χ2v) is 1.92. The third-order valence-corrected chi connectivity index (χ3v) is 1.11. The van der Waals surface area contributed by atoms with Crippen molar-refractivity contribution in [3.05, 3.63) is 60.7 Å². The first-order valence-electron chi connectivity index (χ1n) is 3.67. The molecule has 0 saturated heterocycles. The van der Waals surface area contributed by atoms with Gasteiger partial charge in [-0.05, 0) is 0 Å². The fourth-order valence-corrected chi connectivity index (χ4v) is 0.642. The maximum absolute atomic E-state index is 4.00. The molecule has 2 aromatic carbocycles. The van der Waals surface area contributed by atoms with Crippen molar-refractivity contribution in [2.24, 2.45) is 0 Å². The number of terminal acetylenes is 1. The molecule has 0 radical (unpaired) electrons. The SMILES string of the molecule is C#C.[Ni].[Ni].c1cc[cH-]c1.c1cc[cH-]c1. The fourth-order valence-electron chi connectivity index (χ4n) is 0.642. The Hall–Kier alpha value is -0.753. The Balaban J connectivity index is -0.000000131. The average molecular weight is 274 g/mol. The minimum absolute atomic E-state index is 0. The molecular weight excluding hydrogens is 262 g/mol. The summed E-state index contributed by atoms with van der Waals surface area (Å²) >= 11 is 0. The van der Waals surface area contributed by atoms with Crippen molar-refractivity contribution in [3.63, 3.8) is 0 Å². The number of rotatable bonds is 0. The van der Waals surface area contributed by atoms with Gasteiger partial charge in [-0.15, -0.1) is 12.8 Å². The molecule has 0 bridgehead atoms. The molecule has 0 spiro atoms. The zero-order valence-corrected chi connectivity index (χ0v) is 9.54. The molecule has 0 saturated carbocycles. The Morgan fingerprint density at radius 3 is 0.857 bits per heavy atom. The van der Waals surface area contributed by atoms with Crippen molar-refractivity contribution >= 4 is 0 Å². The van der Waals surface area contributed by atoms with E-state index in [9.17, 15) is 0 Å². The minimum Gasteiger partial charge on any atom is -0.214 e. The van der Waals surface area contributed by atoms with Crippen molar-refractivity contribution in [3.8, 4) is 12.8 Å². The van der Waals surface area contributed by atoms with E-state index in [1.165, 1.54) is 0 Å². The molecule has 82 valence electrons. The molecular formula is C12H12Ni2-2. The van der Waals surface area contributed by atoms with Gasteiger partial charge in [0.15, 0.2) is 0 Å². The van der Waals surface area contributed by atoms with Gasteiger partial charge in [-0.2, -0.15) is 36.4 Å². The first-order chi connectivity index (χ1) is 6.00. The van der Waals surface area contributed by atoms with E-state index >= 15 is 0 Å². The third kappa shape index (κ3) is 13.8. The monoisotopic (exact) mass is 272 g/mol. The maximum atomic E-state index is 4.00. The minimum atomic E-state index is 0. The summed E-state index contributed by atoms with van der Waals surface area (Å²) in [6, 6.07) is 20.0. The summed E-state index contributed by atoms with van der Waals surface area (Å²) < 4.78 is 0. The van der Waals surface area contributed by atoms with Crippen molar-refractivity contribution in [1.82, 2.24) is 0 Å². The summed E-state index contributed by atoms with van der Waals surface area (Å²) in [5.74, 6) is 0. The summed E-state index contributed by atoms with van der Waals surface area (Å²) in [6.45, 7) is 0. The Bertz CT molecular complexity index is 180. The Morgan fingerprint density at radius 2 is 0.786 bits per heavy atom. The second kappa shape index (κ2) is 18.1. The van der Waals surface area contributed by atoms with Crippen LogP contribution in [0.3, 0.4) is 0 Å². The molecule has 2 aromatic rings. The molecule has 0 heterocycles. The van der Waals surface area contributed by atoms with Crippen LogP contribution >= 0.6 is 0 Å². The van der Waals surface area contributed by atoms with Gasteiger partial charge in [0.2, 0.25) is 0 Å². The standard InChI is InChI=1S/2C5H5.C2H2.2Ni/c2*1-2-4-5-3-1;1-2;;/h2*1-5H;1-2H;;/q2*-1;;;. The zero-order chi connectivity index (χ0) is 9.07. The molecule has 0 atom stereocenters. The first-order valence-corrected chi connectivity index (χ1v) is 3.67. The Kier molecular flexibility index (Phi) is 24.5. The molecule has 0 nitrogen and oxygen atoms in total. The topological polar surface area (TPSA) is 0 Å². The summed E-state index contributed by atoms with van der Waals surface area (Å²) in [4.78, 5) is 0. The van der Waals surface area contributed by atoms with E-state index in [0.29, 0.717) is 0 Å². The van der Waals surface area contributed by atoms with Crippen LogP contribution in [0.5, 0.6) is 0 Å². The molecule has 0 fully saturated rings. The van der Waals surface area contributed by atoms with E-state index in [-0.39, 0.29) is 33.0 Å². The van der Waals surface area contributed by atoms with E-state index in [0.717, 1.165) is 0 Å². The van der Waals surface area contributed by atoms with Crippen LogP contribution in [0.2, 0.25) is 0 Å². The van der Waals surface area contributed by atoms with E-state index in [4.69, 9.17) is 0 Å².